The number of halogens is 3. The molecule has 0 aliphatic rings. The van der Waals surface area contributed by atoms with Gasteiger partial charge in [-0.05, 0) is 68.9 Å². The Balaban J connectivity index is 2.08. The van der Waals surface area contributed by atoms with E-state index >= 15 is 0 Å². The second kappa shape index (κ2) is 6.95. The fourth-order valence-electron chi connectivity index (χ4n) is 1.52. The number of hydrogen-bond acceptors (Lipinski definition) is 4. The summed E-state index contributed by atoms with van der Waals surface area (Å²) in [4.78, 5) is 12.8. The quantitative estimate of drug-likeness (QED) is 0.490. The number of carbonyl (C=O) groups excluding carboxylic acids is 1. The molecule has 0 aliphatic carbocycles. The van der Waals surface area contributed by atoms with Gasteiger partial charge < -0.3 is 5.32 Å². The second-order valence-corrected chi connectivity index (χ2v) is 10.0. The zero-order valence-corrected chi connectivity index (χ0v) is 16.4. The van der Waals surface area contributed by atoms with Crippen LogP contribution in [0.5, 0.6) is 0 Å². The lowest BCUT2D eigenvalue weighted by Gasteiger charge is -2.06. The average molecular weight is 521 g/mol. The van der Waals surface area contributed by atoms with Crippen LogP contribution in [0.4, 0.5) is 0 Å². The molecule has 2 aromatic rings. The van der Waals surface area contributed by atoms with Crippen molar-refractivity contribution in [3.8, 4) is 0 Å². The van der Waals surface area contributed by atoms with Gasteiger partial charge in [-0.2, -0.15) is 0 Å². The SMILES string of the molecule is O=C(NCc1ccc(S(=O)(=O)Cl)s1)c1cc(I)ccc1Br. The van der Waals surface area contributed by atoms with Crippen LogP contribution < -0.4 is 5.32 Å². The van der Waals surface area contributed by atoms with Crippen LogP contribution in [0.3, 0.4) is 0 Å². The molecule has 4 nitrogen and oxygen atoms in total. The topological polar surface area (TPSA) is 63.2 Å². The molecule has 1 aromatic carbocycles. The van der Waals surface area contributed by atoms with E-state index in [4.69, 9.17) is 10.7 Å². The van der Waals surface area contributed by atoms with Gasteiger partial charge in [-0.25, -0.2) is 8.42 Å². The lowest BCUT2D eigenvalue weighted by Crippen LogP contribution is -2.22. The molecule has 0 saturated heterocycles. The molecule has 0 aliphatic heterocycles. The van der Waals surface area contributed by atoms with Crippen molar-refractivity contribution in [1.82, 2.24) is 5.32 Å². The standard InChI is InChI=1S/C12H8BrClINO3S2/c13-10-3-1-7(15)5-9(10)12(17)16-6-8-2-4-11(20-8)21(14,18)19/h1-5H,6H2,(H,16,17). The summed E-state index contributed by atoms with van der Waals surface area (Å²) in [6, 6.07) is 8.52. The maximum atomic E-state index is 12.1. The van der Waals surface area contributed by atoms with Gasteiger partial charge in [0.25, 0.3) is 15.0 Å². The Hall–Kier alpha value is -0.160. The smallest absolute Gasteiger partial charge is 0.270 e. The zero-order chi connectivity index (χ0) is 15.6. The van der Waals surface area contributed by atoms with Crippen molar-refractivity contribution >= 4 is 75.5 Å². The van der Waals surface area contributed by atoms with E-state index in [2.05, 4.69) is 43.8 Å². The predicted molar refractivity (Wildman–Crippen MR) is 95.4 cm³/mol. The van der Waals surface area contributed by atoms with Crippen molar-refractivity contribution in [2.75, 3.05) is 0 Å². The molecule has 112 valence electrons. The molecule has 0 fully saturated rings. The summed E-state index contributed by atoms with van der Waals surface area (Å²) < 4.78 is 24.1. The van der Waals surface area contributed by atoms with E-state index in [9.17, 15) is 13.2 Å². The lowest BCUT2D eigenvalue weighted by atomic mass is 10.2. The number of rotatable bonds is 4. The molecular formula is C12H8BrClINO3S2. The minimum atomic E-state index is -3.72. The van der Waals surface area contributed by atoms with Crippen LogP contribution in [0, 0.1) is 3.57 Å². The Labute approximate surface area is 152 Å². The van der Waals surface area contributed by atoms with Crippen molar-refractivity contribution in [1.29, 1.82) is 0 Å². The zero-order valence-electron chi connectivity index (χ0n) is 10.3. The summed E-state index contributed by atoms with van der Waals surface area (Å²) in [6.07, 6.45) is 0. The van der Waals surface area contributed by atoms with Gasteiger partial charge in [0.2, 0.25) is 0 Å². The molecule has 1 N–H and O–H groups in total. The third-order valence-electron chi connectivity index (χ3n) is 2.47. The molecule has 1 aromatic heterocycles. The van der Waals surface area contributed by atoms with E-state index in [0.717, 1.165) is 14.9 Å². The van der Waals surface area contributed by atoms with Gasteiger partial charge in [-0.3, -0.25) is 4.79 Å². The Bertz CT molecular complexity index is 792. The molecule has 0 spiro atoms. The van der Waals surface area contributed by atoms with Gasteiger partial charge in [0.1, 0.15) is 4.21 Å². The number of carbonyl (C=O) groups is 1. The minimum Gasteiger partial charge on any atom is -0.347 e. The molecule has 1 amide bonds. The molecule has 21 heavy (non-hydrogen) atoms. The summed E-state index contributed by atoms with van der Waals surface area (Å²) in [5.74, 6) is -0.232. The summed E-state index contributed by atoms with van der Waals surface area (Å²) in [5, 5.41) is 2.75. The highest BCUT2D eigenvalue weighted by molar-refractivity contribution is 14.1. The van der Waals surface area contributed by atoms with Gasteiger partial charge in [-0.1, -0.05) is 0 Å². The van der Waals surface area contributed by atoms with Crippen LogP contribution in [0.1, 0.15) is 15.2 Å². The molecule has 9 heteroatoms. The Morgan fingerprint density at radius 3 is 2.67 bits per heavy atom. The van der Waals surface area contributed by atoms with E-state index in [0.29, 0.717) is 14.9 Å². The van der Waals surface area contributed by atoms with Crippen LogP contribution in [0.15, 0.2) is 39.0 Å². The van der Waals surface area contributed by atoms with E-state index in [1.165, 1.54) is 6.07 Å². The largest absolute Gasteiger partial charge is 0.347 e. The lowest BCUT2D eigenvalue weighted by molar-refractivity contribution is 0.0950. The van der Waals surface area contributed by atoms with E-state index in [1.807, 2.05) is 6.07 Å². The number of amides is 1. The minimum absolute atomic E-state index is 0.0730. The van der Waals surface area contributed by atoms with Crippen LogP contribution >= 0.6 is 60.5 Å². The van der Waals surface area contributed by atoms with E-state index in [-0.39, 0.29) is 16.7 Å². The van der Waals surface area contributed by atoms with Crippen molar-refractivity contribution in [3.05, 3.63) is 48.8 Å². The number of thiophene rings is 1. The third kappa shape index (κ3) is 4.65. The van der Waals surface area contributed by atoms with Crippen molar-refractivity contribution in [2.24, 2.45) is 0 Å². The normalized spacial score (nSPS) is 11.4. The highest BCUT2D eigenvalue weighted by Crippen LogP contribution is 2.25. The first-order valence-corrected chi connectivity index (χ1v) is 10.5. The summed E-state index contributed by atoms with van der Waals surface area (Å²) in [6.45, 7) is 0.244. The van der Waals surface area contributed by atoms with Gasteiger partial charge in [0.05, 0.1) is 12.1 Å². The summed E-state index contributed by atoms with van der Waals surface area (Å²) in [5.41, 5.74) is 0.531. The van der Waals surface area contributed by atoms with Gasteiger partial charge in [0, 0.05) is 23.6 Å². The van der Waals surface area contributed by atoms with Crippen LogP contribution in [0.25, 0.3) is 0 Å². The molecular weight excluding hydrogens is 513 g/mol. The number of hydrogen-bond donors (Lipinski definition) is 1. The van der Waals surface area contributed by atoms with Crippen LogP contribution in [0.2, 0.25) is 0 Å². The summed E-state index contributed by atoms with van der Waals surface area (Å²) in [7, 11) is 1.54. The number of nitrogens with one attached hydrogen (secondary N) is 1. The van der Waals surface area contributed by atoms with E-state index < -0.39 is 9.05 Å². The second-order valence-electron chi connectivity index (χ2n) is 3.97. The van der Waals surface area contributed by atoms with E-state index in [1.54, 1.807) is 18.2 Å². The fourth-order valence-corrected chi connectivity index (χ4v) is 4.50. The first-order chi connectivity index (χ1) is 9.77. The van der Waals surface area contributed by atoms with Crippen molar-refractivity contribution in [3.63, 3.8) is 0 Å². The monoisotopic (exact) mass is 519 g/mol. The fraction of sp³-hybridized carbons (Fsp3) is 0.0833. The third-order valence-corrected chi connectivity index (χ3v) is 7.01. The molecule has 0 bridgehead atoms. The predicted octanol–water partition coefficient (Wildman–Crippen LogP) is 3.97. The molecule has 0 saturated carbocycles. The first kappa shape index (κ1) is 17.2. The Morgan fingerprint density at radius 1 is 1.33 bits per heavy atom. The molecule has 0 atom stereocenters. The van der Waals surface area contributed by atoms with Crippen LogP contribution in [-0.4, -0.2) is 14.3 Å². The molecule has 2 rings (SSSR count). The van der Waals surface area contributed by atoms with Crippen molar-refractivity contribution < 1.29 is 13.2 Å². The van der Waals surface area contributed by atoms with Gasteiger partial charge in [-0.15, -0.1) is 11.3 Å². The van der Waals surface area contributed by atoms with Crippen molar-refractivity contribution in [2.45, 2.75) is 10.8 Å². The Kier molecular flexibility index (Phi) is 5.69. The first-order valence-electron chi connectivity index (χ1n) is 5.54. The Morgan fingerprint density at radius 2 is 2.05 bits per heavy atom. The molecule has 0 unspecified atom stereocenters. The van der Waals surface area contributed by atoms with Gasteiger partial charge >= 0.3 is 0 Å². The highest BCUT2D eigenvalue weighted by Gasteiger charge is 2.14. The average Bonchev–Trinajstić information content (AvgIpc) is 2.87. The number of benzene rings is 1. The summed E-state index contributed by atoms with van der Waals surface area (Å²) >= 11 is 6.49. The maximum absolute atomic E-state index is 12.1. The molecule has 1 heterocycles. The highest BCUT2D eigenvalue weighted by atomic mass is 127. The van der Waals surface area contributed by atoms with Gasteiger partial charge in [0.15, 0.2) is 0 Å². The maximum Gasteiger partial charge on any atom is 0.270 e. The molecule has 0 radical (unpaired) electrons. The van der Waals surface area contributed by atoms with Crippen LogP contribution in [-0.2, 0) is 15.6 Å².